The third-order valence-corrected chi connectivity index (χ3v) is 3.89. The molecule has 2 N–H and O–H groups in total. The van der Waals surface area contributed by atoms with Gasteiger partial charge in [-0.05, 0) is 31.1 Å². The van der Waals surface area contributed by atoms with Crippen LogP contribution < -0.4 is 10.6 Å². The zero-order valence-electron chi connectivity index (χ0n) is 8.21. The molecule has 3 nitrogen and oxygen atoms in total. The number of carbonyl (C=O) groups excluding carboxylic acids is 1. The van der Waals surface area contributed by atoms with Crippen molar-refractivity contribution in [2.75, 3.05) is 6.54 Å². The topological polar surface area (TPSA) is 41.1 Å². The van der Waals surface area contributed by atoms with Crippen LogP contribution in [-0.2, 0) is 4.79 Å². The standard InChI is InChI=1S/C10H16N2O.ClH/c13-9-5-10(6-11-9)3-7-1-2-8(4-10)12-7;/h7-8,12H,1-6H2,(H,11,13);1H. The number of amides is 1. The summed E-state index contributed by atoms with van der Waals surface area (Å²) in [6.07, 6.45) is 5.84. The Morgan fingerprint density at radius 2 is 1.86 bits per heavy atom. The predicted octanol–water partition coefficient (Wildman–Crippen LogP) is 0.829. The van der Waals surface area contributed by atoms with E-state index in [9.17, 15) is 4.79 Å². The Kier molecular flexibility index (Phi) is 2.48. The second-order valence-electron chi connectivity index (χ2n) is 5.00. The van der Waals surface area contributed by atoms with Crippen LogP contribution in [0.15, 0.2) is 0 Å². The molecule has 0 saturated carbocycles. The predicted molar refractivity (Wildman–Crippen MR) is 56.5 cm³/mol. The van der Waals surface area contributed by atoms with Gasteiger partial charge in [0.05, 0.1) is 0 Å². The number of hydrogen-bond acceptors (Lipinski definition) is 2. The van der Waals surface area contributed by atoms with Crippen LogP contribution in [0.5, 0.6) is 0 Å². The summed E-state index contributed by atoms with van der Waals surface area (Å²) in [5, 5.41) is 6.60. The fraction of sp³-hybridized carbons (Fsp3) is 0.900. The maximum Gasteiger partial charge on any atom is 0.220 e. The van der Waals surface area contributed by atoms with E-state index in [1.165, 1.54) is 25.7 Å². The van der Waals surface area contributed by atoms with Gasteiger partial charge in [0.15, 0.2) is 0 Å². The molecule has 3 rings (SSSR count). The van der Waals surface area contributed by atoms with Crippen molar-refractivity contribution in [3.63, 3.8) is 0 Å². The fourth-order valence-electron chi connectivity index (χ4n) is 3.39. The first-order valence-electron chi connectivity index (χ1n) is 5.29. The first kappa shape index (κ1) is 10.2. The summed E-state index contributed by atoms with van der Waals surface area (Å²) in [4.78, 5) is 11.2. The summed E-state index contributed by atoms with van der Waals surface area (Å²) >= 11 is 0. The molecular weight excluding hydrogens is 200 g/mol. The van der Waals surface area contributed by atoms with Crippen LogP contribution >= 0.6 is 12.4 Å². The smallest absolute Gasteiger partial charge is 0.220 e. The maximum absolute atomic E-state index is 11.2. The van der Waals surface area contributed by atoms with Gasteiger partial charge in [-0.15, -0.1) is 12.4 Å². The Morgan fingerprint density at radius 1 is 1.21 bits per heavy atom. The second-order valence-corrected chi connectivity index (χ2v) is 5.00. The van der Waals surface area contributed by atoms with Gasteiger partial charge in [-0.25, -0.2) is 0 Å². The van der Waals surface area contributed by atoms with Gasteiger partial charge in [0.2, 0.25) is 5.91 Å². The third kappa shape index (κ3) is 1.52. The molecular formula is C10H17ClN2O. The van der Waals surface area contributed by atoms with Crippen LogP contribution in [0.3, 0.4) is 0 Å². The molecule has 2 bridgehead atoms. The summed E-state index contributed by atoms with van der Waals surface area (Å²) in [6.45, 7) is 0.931. The molecule has 0 aromatic carbocycles. The molecule has 3 aliphatic rings. The highest BCUT2D eigenvalue weighted by Crippen LogP contribution is 2.44. The summed E-state index contributed by atoms with van der Waals surface area (Å²) in [6, 6.07) is 1.40. The van der Waals surface area contributed by atoms with Crippen LogP contribution in [0.1, 0.15) is 32.1 Å². The van der Waals surface area contributed by atoms with E-state index in [2.05, 4.69) is 10.6 Å². The molecule has 3 heterocycles. The molecule has 0 aromatic heterocycles. The first-order chi connectivity index (χ1) is 6.26. The van der Waals surface area contributed by atoms with E-state index in [4.69, 9.17) is 0 Å². The fourth-order valence-corrected chi connectivity index (χ4v) is 3.39. The third-order valence-electron chi connectivity index (χ3n) is 3.89. The average molecular weight is 217 g/mol. The number of fused-ring (bicyclic) bond motifs is 2. The van der Waals surface area contributed by atoms with E-state index in [1.807, 2.05) is 0 Å². The van der Waals surface area contributed by atoms with Gasteiger partial charge in [-0.3, -0.25) is 4.79 Å². The van der Waals surface area contributed by atoms with Crippen molar-refractivity contribution < 1.29 is 4.79 Å². The largest absolute Gasteiger partial charge is 0.356 e. The van der Waals surface area contributed by atoms with Gasteiger partial charge in [0, 0.05) is 25.0 Å². The van der Waals surface area contributed by atoms with Crippen molar-refractivity contribution >= 4 is 18.3 Å². The lowest BCUT2D eigenvalue weighted by Gasteiger charge is -2.36. The minimum absolute atomic E-state index is 0. The summed E-state index contributed by atoms with van der Waals surface area (Å²) < 4.78 is 0. The van der Waals surface area contributed by atoms with E-state index in [1.54, 1.807) is 0 Å². The highest BCUT2D eigenvalue weighted by molar-refractivity contribution is 5.85. The molecule has 4 heteroatoms. The molecule has 0 aromatic rings. The Hall–Kier alpha value is -0.280. The quantitative estimate of drug-likeness (QED) is 0.630. The number of nitrogens with one attached hydrogen (secondary N) is 2. The van der Waals surface area contributed by atoms with Gasteiger partial charge in [0.25, 0.3) is 0 Å². The molecule has 14 heavy (non-hydrogen) atoms. The minimum Gasteiger partial charge on any atom is -0.356 e. The van der Waals surface area contributed by atoms with Crippen LogP contribution in [0.2, 0.25) is 0 Å². The van der Waals surface area contributed by atoms with Crippen LogP contribution in [0.25, 0.3) is 0 Å². The Balaban J connectivity index is 0.000000750. The molecule has 3 aliphatic heterocycles. The van der Waals surface area contributed by atoms with E-state index >= 15 is 0 Å². The molecule has 0 aliphatic carbocycles. The van der Waals surface area contributed by atoms with Crippen molar-refractivity contribution in [3.8, 4) is 0 Å². The number of halogens is 1. The molecule has 1 amide bonds. The normalized spacial score (nSPS) is 45.0. The number of carbonyl (C=O) groups is 1. The summed E-state index contributed by atoms with van der Waals surface area (Å²) in [7, 11) is 0. The minimum atomic E-state index is 0. The van der Waals surface area contributed by atoms with Crippen LogP contribution in [-0.4, -0.2) is 24.5 Å². The van der Waals surface area contributed by atoms with Crippen molar-refractivity contribution in [1.29, 1.82) is 0 Å². The zero-order chi connectivity index (χ0) is 8.89. The average Bonchev–Trinajstić information content (AvgIpc) is 2.58. The molecule has 0 radical (unpaired) electrons. The number of hydrogen-bond donors (Lipinski definition) is 2. The molecule has 2 unspecified atom stereocenters. The van der Waals surface area contributed by atoms with E-state index < -0.39 is 0 Å². The molecule has 3 fully saturated rings. The molecule has 2 atom stereocenters. The lowest BCUT2D eigenvalue weighted by molar-refractivity contribution is -0.119. The van der Waals surface area contributed by atoms with E-state index in [0.29, 0.717) is 17.5 Å². The monoisotopic (exact) mass is 216 g/mol. The van der Waals surface area contributed by atoms with Gasteiger partial charge in [0.1, 0.15) is 0 Å². The zero-order valence-corrected chi connectivity index (χ0v) is 9.03. The van der Waals surface area contributed by atoms with Crippen molar-refractivity contribution in [1.82, 2.24) is 10.6 Å². The van der Waals surface area contributed by atoms with Crippen molar-refractivity contribution in [2.45, 2.75) is 44.2 Å². The molecule has 1 spiro atoms. The summed E-state index contributed by atoms with van der Waals surface area (Å²) in [5.74, 6) is 0.265. The van der Waals surface area contributed by atoms with Gasteiger partial charge in [-0.2, -0.15) is 0 Å². The van der Waals surface area contributed by atoms with E-state index in [-0.39, 0.29) is 18.3 Å². The Labute approximate surface area is 90.4 Å². The Morgan fingerprint density at radius 3 is 2.36 bits per heavy atom. The molecule has 80 valence electrons. The van der Waals surface area contributed by atoms with Crippen molar-refractivity contribution in [3.05, 3.63) is 0 Å². The number of rotatable bonds is 0. The SMILES string of the molecule is Cl.O=C1CC2(CN1)CC1CCC(C2)N1. The van der Waals surface area contributed by atoms with Crippen LogP contribution in [0, 0.1) is 5.41 Å². The van der Waals surface area contributed by atoms with Crippen LogP contribution in [0.4, 0.5) is 0 Å². The second kappa shape index (κ2) is 3.38. The Bertz CT molecular complexity index is 245. The van der Waals surface area contributed by atoms with E-state index in [0.717, 1.165) is 13.0 Å². The maximum atomic E-state index is 11.2. The first-order valence-corrected chi connectivity index (χ1v) is 5.29. The highest BCUT2D eigenvalue weighted by atomic mass is 35.5. The van der Waals surface area contributed by atoms with Gasteiger partial charge in [-0.1, -0.05) is 0 Å². The van der Waals surface area contributed by atoms with Gasteiger partial charge < -0.3 is 10.6 Å². The highest BCUT2D eigenvalue weighted by Gasteiger charge is 2.47. The molecule has 3 saturated heterocycles. The lowest BCUT2D eigenvalue weighted by Crippen LogP contribution is -2.45. The summed E-state index contributed by atoms with van der Waals surface area (Å²) in [5.41, 5.74) is 0.328. The number of piperidine rings is 1. The van der Waals surface area contributed by atoms with Crippen molar-refractivity contribution in [2.24, 2.45) is 5.41 Å². The lowest BCUT2D eigenvalue weighted by atomic mass is 9.75. The van der Waals surface area contributed by atoms with Gasteiger partial charge >= 0.3 is 0 Å².